The minimum atomic E-state index is -0.159. The number of ether oxygens (including phenoxy) is 2. The van der Waals surface area contributed by atoms with E-state index in [1.54, 1.807) is 27.6 Å². The van der Waals surface area contributed by atoms with Crippen molar-refractivity contribution in [2.75, 3.05) is 19.8 Å². The van der Waals surface area contributed by atoms with Gasteiger partial charge in [-0.2, -0.15) is 0 Å². The van der Waals surface area contributed by atoms with Crippen LogP contribution in [0.4, 0.5) is 0 Å². The van der Waals surface area contributed by atoms with Gasteiger partial charge in [0.25, 0.3) is 11.8 Å². The van der Waals surface area contributed by atoms with Crippen molar-refractivity contribution in [2.24, 2.45) is 17.8 Å². The molecule has 4 heterocycles. The van der Waals surface area contributed by atoms with E-state index in [4.69, 9.17) is 9.47 Å². The van der Waals surface area contributed by atoms with Gasteiger partial charge in [0.2, 0.25) is 0 Å². The summed E-state index contributed by atoms with van der Waals surface area (Å²) in [7, 11) is 0. The smallest absolute Gasteiger partial charge is 0.263 e. The first-order chi connectivity index (χ1) is 24.2. The average molecular weight is 740 g/mol. The van der Waals surface area contributed by atoms with E-state index in [1.165, 1.54) is 64.3 Å². The SMILES string of the molecule is CCCCC(CC)COC1c2cc(-c3sc(C)c4c3C(=O)N(CC(CC)CCCC)C4=O)sc2C(OCC(CC)CCCC)c2cc(C)sc21. The summed E-state index contributed by atoms with van der Waals surface area (Å²) in [6.07, 6.45) is 13.4. The molecule has 2 aliphatic rings. The van der Waals surface area contributed by atoms with E-state index >= 15 is 0 Å². The van der Waals surface area contributed by atoms with Gasteiger partial charge in [0.05, 0.1) is 29.2 Å². The molecule has 0 radical (unpaired) electrons. The van der Waals surface area contributed by atoms with Crippen LogP contribution in [0.2, 0.25) is 0 Å². The normalized spacial score (nSPS) is 18.8. The summed E-state index contributed by atoms with van der Waals surface area (Å²) in [5.74, 6) is 1.16. The van der Waals surface area contributed by atoms with Crippen LogP contribution < -0.4 is 0 Å². The third-order valence-electron chi connectivity index (χ3n) is 11.0. The molecule has 3 aromatic rings. The first-order valence-electron chi connectivity index (χ1n) is 19.7. The molecule has 8 heteroatoms. The van der Waals surface area contributed by atoms with Crippen molar-refractivity contribution in [3.05, 3.63) is 53.9 Å². The van der Waals surface area contributed by atoms with E-state index in [0.717, 1.165) is 66.4 Å². The second kappa shape index (κ2) is 18.3. The molecule has 3 aromatic heterocycles. The number of aryl methyl sites for hydroxylation is 2. The molecule has 0 bridgehead atoms. The first kappa shape index (κ1) is 39.4. The van der Waals surface area contributed by atoms with Gasteiger partial charge in [0.1, 0.15) is 12.2 Å². The molecule has 0 fully saturated rings. The fourth-order valence-electron chi connectivity index (χ4n) is 7.66. The fourth-order valence-corrected chi connectivity index (χ4v) is 11.3. The molecule has 0 N–H and O–H groups in total. The molecule has 1 aliphatic heterocycles. The third kappa shape index (κ3) is 8.35. The van der Waals surface area contributed by atoms with E-state index in [1.807, 2.05) is 18.3 Å². The topological polar surface area (TPSA) is 55.8 Å². The van der Waals surface area contributed by atoms with Crippen molar-refractivity contribution in [3.8, 4) is 9.75 Å². The highest BCUT2D eigenvalue weighted by Gasteiger charge is 2.43. The molecule has 0 saturated carbocycles. The van der Waals surface area contributed by atoms with Crippen LogP contribution in [0, 0.1) is 31.6 Å². The van der Waals surface area contributed by atoms with Gasteiger partial charge in [-0.3, -0.25) is 14.5 Å². The molecule has 2 amide bonds. The molecule has 0 saturated heterocycles. The molecule has 5 rings (SSSR count). The van der Waals surface area contributed by atoms with Crippen molar-refractivity contribution in [1.29, 1.82) is 0 Å². The van der Waals surface area contributed by atoms with Gasteiger partial charge in [-0.15, -0.1) is 34.0 Å². The molecule has 0 spiro atoms. The summed E-state index contributed by atoms with van der Waals surface area (Å²) < 4.78 is 13.9. The number of unbranched alkanes of at least 4 members (excludes halogenated alkanes) is 3. The van der Waals surface area contributed by atoms with Crippen LogP contribution in [-0.4, -0.2) is 36.5 Å². The maximum atomic E-state index is 14.1. The minimum Gasteiger partial charge on any atom is -0.368 e. The number of hydrogen-bond acceptors (Lipinski definition) is 7. The Hall–Kier alpha value is -1.84. The third-order valence-corrected chi connectivity index (χ3v) is 14.6. The Morgan fingerprint density at radius 2 is 1.16 bits per heavy atom. The molecule has 5 atom stereocenters. The van der Waals surface area contributed by atoms with Crippen LogP contribution >= 0.6 is 34.0 Å². The second-order valence-corrected chi connectivity index (χ2v) is 18.3. The van der Waals surface area contributed by atoms with Gasteiger partial charge in [-0.25, -0.2) is 0 Å². The largest absolute Gasteiger partial charge is 0.368 e. The Kier molecular flexibility index (Phi) is 14.4. The fraction of sp³-hybridized carbons (Fsp3) is 0.667. The Bertz CT molecular complexity index is 1520. The monoisotopic (exact) mass is 739 g/mol. The van der Waals surface area contributed by atoms with E-state index < -0.39 is 0 Å². The zero-order valence-electron chi connectivity index (χ0n) is 32.0. The van der Waals surface area contributed by atoms with E-state index in [2.05, 4.69) is 60.6 Å². The summed E-state index contributed by atoms with van der Waals surface area (Å²) in [4.78, 5) is 36.2. The standard InChI is InChI=1S/C42H61NO4S3/c1-9-15-18-28(12-4)23-43-41(44)34-27(8)49-40(35(34)42(43)45)33-22-32-37(47-25-30(14-6)20-17-11-3)38-31(21-26(7)48-38)36(39(32)50-33)46-24-29(13-5)19-16-10-2/h21-22,28-30,36-37H,9-20,23-25H2,1-8H3. The van der Waals surface area contributed by atoms with Crippen molar-refractivity contribution < 1.29 is 19.1 Å². The van der Waals surface area contributed by atoms with Gasteiger partial charge in [-0.05, 0) is 63.0 Å². The predicted octanol–water partition coefficient (Wildman–Crippen LogP) is 12.9. The number of rotatable bonds is 21. The number of thiophene rings is 3. The number of nitrogens with zero attached hydrogens (tertiary/aromatic N) is 1. The van der Waals surface area contributed by atoms with Gasteiger partial charge >= 0.3 is 0 Å². The average Bonchev–Trinajstić information content (AvgIpc) is 3.87. The highest BCUT2D eigenvalue weighted by Crippen LogP contribution is 2.54. The highest BCUT2D eigenvalue weighted by molar-refractivity contribution is 7.23. The zero-order chi connectivity index (χ0) is 35.9. The maximum Gasteiger partial charge on any atom is 0.263 e. The summed E-state index contributed by atoms with van der Waals surface area (Å²) in [6.45, 7) is 19.6. The lowest BCUT2D eigenvalue weighted by atomic mass is 9.92. The molecular weight excluding hydrogens is 679 g/mol. The van der Waals surface area contributed by atoms with Gasteiger partial charge < -0.3 is 9.47 Å². The van der Waals surface area contributed by atoms with Crippen molar-refractivity contribution in [3.63, 3.8) is 0 Å². The molecule has 5 unspecified atom stereocenters. The highest BCUT2D eigenvalue weighted by atomic mass is 32.1. The number of carbonyl (C=O) groups is 2. The Labute approximate surface area is 314 Å². The quantitative estimate of drug-likeness (QED) is 0.102. The summed E-state index contributed by atoms with van der Waals surface area (Å²) in [5.41, 5.74) is 3.65. The summed E-state index contributed by atoms with van der Waals surface area (Å²) >= 11 is 5.18. The van der Waals surface area contributed by atoms with Crippen LogP contribution in [0.5, 0.6) is 0 Å². The summed E-state index contributed by atoms with van der Waals surface area (Å²) in [5, 5.41) is 0. The lowest BCUT2D eigenvalue weighted by Crippen LogP contribution is -2.34. The molecular formula is C42H61NO4S3. The predicted molar refractivity (Wildman–Crippen MR) is 212 cm³/mol. The minimum absolute atomic E-state index is 0.114. The molecule has 50 heavy (non-hydrogen) atoms. The van der Waals surface area contributed by atoms with Gasteiger partial charge in [-0.1, -0.05) is 99.3 Å². The van der Waals surface area contributed by atoms with Crippen molar-refractivity contribution in [2.45, 2.75) is 145 Å². The molecule has 276 valence electrons. The number of imide groups is 1. The Morgan fingerprint density at radius 3 is 1.70 bits per heavy atom. The lowest BCUT2D eigenvalue weighted by Gasteiger charge is -2.31. The molecule has 5 nitrogen and oxygen atoms in total. The van der Waals surface area contributed by atoms with Crippen LogP contribution in [-0.2, 0) is 9.47 Å². The summed E-state index contributed by atoms with van der Waals surface area (Å²) in [6, 6.07) is 4.60. The van der Waals surface area contributed by atoms with Crippen LogP contribution in [0.25, 0.3) is 9.75 Å². The maximum absolute atomic E-state index is 14.1. The number of carbonyl (C=O) groups excluding carboxylic acids is 2. The van der Waals surface area contributed by atoms with Crippen molar-refractivity contribution in [1.82, 2.24) is 4.90 Å². The number of amides is 2. The Balaban J connectivity index is 1.54. The van der Waals surface area contributed by atoms with Crippen molar-refractivity contribution >= 4 is 45.8 Å². The lowest BCUT2D eigenvalue weighted by molar-refractivity contribution is 0.0249. The van der Waals surface area contributed by atoms with Gasteiger partial charge in [0.15, 0.2) is 0 Å². The first-order valence-corrected chi connectivity index (χ1v) is 22.1. The van der Waals surface area contributed by atoms with E-state index in [9.17, 15) is 9.59 Å². The second-order valence-electron chi connectivity index (χ2n) is 14.7. The van der Waals surface area contributed by atoms with E-state index in [0.29, 0.717) is 35.4 Å². The van der Waals surface area contributed by atoms with E-state index in [-0.39, 0.29) is 24.0 Å². The molecule has 1 aliphatic carbocycles. The van der Waals surface area contributed by atoms with Gasteiger partial charge in [0, 0.05) is 42.1 Å². The molecule has 0 aromatic carbocycles. The van der Waals surface area contributed by atoms with Crippen LogP contribution in [0.1, 0.15) is 182 Å². The Morgan fingerprint density at radius 1 is 0.660 bits per heavy atom. The number of fused-ring (bicyclic) bond motifs is 3. The van der Waals surface area contributed by atoms with Crippen LogP contribution in [0.15, 0.2) is 12.1 Å². The van der Waals surface area contributed by atoms with Crippen LogP contribution in [0.3, 0.4) is 0 Å². The number of hydrogen-bond donors (Lipinski definition) is 0. The zero-order valence-corrected chi connectivity index (χ0v) is 34.4.